The van der Waals surface area contributed by atoms with Crippen LogP contribution in [0.1, 0.15) is 44.7 Å². The van der Waals surface area contributed by atoms with Crippen LogP contribution in [0.3, 0.4) is 0 Å². The molecule has 8 nitrogen and oxygen atoms in total. The Kier molecular flexibility index (Phi) is 7.90. The van der Waals surface area contributed by atoms with Gasteiger partial charge in [0.2, 0.25) is 5.91 Å². The van der Waals surface area contributed by atoms with Gasteiger partial charge in [-0.1, -0.05) is 37.3 Å². The molecular weight excluding hydrogens is 475 g/mol. The summed E-state index contributed by atoms with van der Waals surface area (Å²) in [6.45, 7) is 3.09. The van der Waals surface area contributed by atoms with Crippen LogP contribution in [0.5, 0.6) is 0 Å². The fraction of sp³-hybridized carbons (Fsp3) is 0.440. The van der Waals surface area contributed by atoms with E-state index in [2.05, 4.69) is 5.32 Å². The number of amides is 3. The summed E-state index contributed by atoms with van der Waals surface area (Å²) in [6.07, 6.45) is -0.969. The number of hydrogen-bond acceptors (Lipinski definition) is 5. The highest BCUT2D eigenvalue weighted by Gasteiger charge is 2.70. The molecule has 1 heterocycles. The van der Waals surface area contributed by atoms with E-state index in [9.17, 15) is 27.6 Å². The van der Waals surface area contributed by atoms with Crippen molar-refractivity contribution in [3.05, 3.63) is 59.4 Å². The first kappa shape index (κ1) is 27.0. The SMILES string of the molecule is CC/C(C=N)=C/C(=C\N)NC(=O)C(=O)N1C[C@@H](C)N(C(=O)C2(C(F)(F)F)CC2)C[C@@H]1c1ccccc1. The van der Waals surface area contributed by atoms with Crippen molar-refractivity contribution in [1.82, 2.24) is 15.1 Å². The predicted molar refractivity (Wildman–Crippen MR) is 127 cm³/mol. The molecule has 2 aliphatic rings. The van der Waals surface area contributed by atoms with Crippen molar-refractivity contribution in [3.8, 4) is 0 Å². The molecule has 1 saturated heterocycles. The van der Waals surface area contributed by atoms with Crippen molar-refractivity contribution in [2.75, 3.05) is 13.1 Å². The number of hydrogen-bond donors (Lipinski definition) is 3. The third-order valence-corrected chi connectivity index (χ3v) is 6.71. The minimum atomic E-state index is -4.65. The van der Waals surface area contributed by atoms with E-state index < -0.39 is 41.4 Å². The Morgan fingerprint density at radius 3 is 2.31 bits per heavy atom. The molecule has 0 spiro atoms. The van der Waals surface area contributed by atoms with Gasteiger partial charge in [0.05, 0.1) is 11.7 Å². The normalized spacial score (nSPS) is 22.1. The van der Waals surface area contributed by atoms with Crippen molar-refractivity contribution in [3.63, 3.8) is 0 Å². The number of halogens is 3. The summed E-state index contributed by atoms with van der Waals surface area (Å²) in [5.74, 6) is -2.87. The summed E-state index contributed by atoms with van der Waals surface area (Å²) in [6, 6.07) is 7.02. The van der Waals surface area contributed by atoms with Gasteiger partial charge in [0.1, 0.15) is 5.41 Å². The first-order chi connectivity index (χ1) is 17.0. The Bertz CT molecular complexity index is 1080. The molecule has 0 unspecified atom stereocenters. The van der Waals surface area contributed by atoms with Crippen molar-refractivity contribution < 1.29 is 27.6 Å². The summed E-state index contributed by atoms with van der Waals surface area (Å²) >= 11 is 0. The third-order valence-electron chi connectivity index (χ3n) is 6.71. The fourth-order valence-electron chi connectivity index (χ4n) is 4.35. The van der Waals surface area contributed by atoms with Gasteiger partial charge < -0.3 is 26.3 Å². The highest BCUT2D eigenvalue weighted by molar-refractivity contribution is 6.35. The van der Waals surface area contributed by atoms with Gasteiger partial charge in [-0.05, 0) is 43.4 Å². The zero-order valence-corrected chi connectivity index (χ0v) is 20.1. The standard InChI is InChI=1S/C25H30F3N5O3/c1-3-17(12-29)11-19(13-30)31-21(34)22(35)33-14-16(2)32(15-20(33)18-7-5-4-6-8-18)23(36)24(9-10-24)25(26,27)28/h4-8,11-13,16,20,29H,3,9-10,14-15,30H2,1-2H3,(H,31,34)/b17-11-,19-13+,29-12?/t16-,20-/m1/s1. The van der Waals surface area contributed by atoms with Crippen molar-refractivity contribution in [2.24, 2.45) is 11.1 Å². The molecule has 0 bridgehead atoms. The average Bonchev–Trinajstić information content (AvgIpc) is 3.68. The maximum atomic E-state index is 13.7. The van der Waals surface area contributed by atoms with Crippen LogP contribution in [0.4, 0.5) is 13.2 Å². The molecule has 3 amide bonds. The molecule has 1 saturated carbocycles. The zero-order valence-electron chi connectivity index (χ0n) is 20.1. The van der Waals surface area contributed by atoms with E-state index in [1.807, 2.05) is 6.92 Å². The topological polar surface area (TPSA) is 120 Å². The van der Waals surface area contributed by atoms with Crippen LogP contribution in [0.25, 0.3) is 0 Å². The zero-order chi connectivity index (χ0) is 26.7. The number of alkyl halides is 3. The summed E-state index contributed by atoms with van der Waals surface area (Å²) in [5.41, 5.74) is 4.50. The van der Waals surface area contributed by atoms with Crippen LogP contribution >= 0.6 is 0 Å². The number of carbonyl (C=O) groups is 3. The third kappa shape index (κ3) is 5.29. The van der Waals surface area contributed by atoms with Gasteiger partial charge in [-0.2, -0.15) is 13.2 Å². The fourth-order valence-corrected chi connectivity index (χ4v) is 4.35. The first-order valence-corrected chi connectivity index (χ1v) is 11.7. The maximum absolute atomic E-state index is 13.7. The van der Waals surface area contributed by atoms with E-state index >= 15 is 0 Å². The molecule has 2 atom stereocenters. The molecular formula is C25H30F3N5O3. The molecule has 11 heteroatoms. The van der Waals surface area contributed by atoms with Crippen LogP contribution in [0, 0.1) is 10.8 Å². The molecule has 1 aliphatic carbocycles. The van der Waals surface area contributed by atoms with Crippen LogP contribution in [0.2, 0.25) is 0 Å². The minimum Gasteiger partial charge on any atom is -0.403 e. The van der Waals surface area contributed by atoms with Gasteiger partial charge in [0, 0.05) is 31.5 Å². The molecule has 4 N–H and O–H groups in total. The minimum absolute atomic E-state index is 0.121. The molecule has 0 radical (unpaired) electrons. The number of nitrogens with two attached hydrogens (primary N) is 1. The molecule has 3 rings (SSSR count). The quantitative estimate of drug-likeness (QED) is 0.313. The summed E-state index contributed by atoms with van der Waals surface area (Å²) < 4.78 is 41.0. The Labute approximate surface area is 207 Å². The lowest BCUT2D eigenvalue weighted by atomic mass is 9.96. The lowest BCUT2D eigenvalue weighted by Gasteiger charge is -2.46. The number of benzene rings is 1. The van der Waals surface area contributed by atoms with Gasteiger partial charge in [0.25, 0.3) is 0 Å². The van der Waals surface area contributed by atoms with E-state index in [0.717, 1.165) is 12.4 Å². The molecule has 1 aromatic carbocycles. The van der Waals surface area contributed by atoms with Crippen LogP contribution in [-0.4, -0.2) is 59.0 Å². The Morgan fingerprint density at radius 2 is 1.81 bits per heavy atom. The predicted octanol–water partition coefficient (Wildman–Crippen LogP) is 3.03. The molecule has 36 heavy (non-hydrogen) atoms. The number of carbonyl (C=O) groups excluding carboxylic acids is 3. The summed E-state index contributed by atoms with van der Waals surface area (Å²) in [4.78, 5) is 41.6. The van der Waals surface area contributed by atoms with Gasteiger partial charge in [0.15, 0.2) is 0 Å². The van der Waals surface area contributed by atoms with Gasteiger partial charge in [-0.15, -0.1) is 0 Å². The number of nitrogens with zero attached hydrogens (tertiary/aromatic N) is 2. The molecule has 1 aliphatic heterocycles. The van der Waals surface area contributed by atoms with E-state index in [0.29, 0.717) is 17.6 Å². The number of nitrogens with one attached hydrogen (secondary N) is 2. The van der Waals surface area contributed by atoms with Gasteiger partial charge in [-0.25, -0.2) is 0 Å². The second-order valence-electron chi connectivity index (χ2n) is 9.06. The van der Waals surface area contributed by atoms with Crippen molar-refractivity contribution >= 4 is 23.9 Å². The lowest BCUT2D eigenvalue weighted by Crippen LogP contribution is -2.60. The van der Waals surface area contributed by atoms with E-state index in [-0.39, 0.29) is 31.6 Å². The number of allylic oxidation sites excluding steroid dienone is 2. The van der Waals surface area contributed by atoms with Crippen molar-refractivity contribution in [1.29, 1.82) is 5.41 Å². The largest absolute Gasteiger partial charge is 0.403 e. The Morgan fingerprint density at radius 1 is 1.17 bits per heavy atom. The first-order valence-electron chi connectivity index (χ1n) is 11.7. The highest BCUT2D eigenvalue weighted by atomic mass is 19.4. The van der Waals surface area contributed by atoms with Crippen LogP contribution < -0.4 is 11.1 Å². The van der Waals surface area contributed by atoms with E-state index in [1.54, 1.807) is 37.3 Å². The monoisotopic (exact) mass is 505 g/mol. The summed E-state index contributed by atoms with van der Waals surface area (Å²) in [5, 5.41) is 9.82. The van der Waals surface area contributed by atoms with Gasteiger partial charge >= 0.3 is 18.0 Å². The van der Waals surface area contributed by atoms with E-state index in [4.69, 9.17) is 11.1 Å². The smallest absolute Gasteiger partial charge is 0.403 e. The number of piperazine rings is 1. The summed E-state index contributed by atoms with van der Waals surface area (Å²) in [7, 11) is 0. The van der Waals surface area contributed by atoms with Crippen LogP contribution in [-0.2, 0) is 14.4 Å². The van der Waals surface area contributed by atoms with Crippen molar-refractivity contribution in [2.45, 2.75) is 51.4 Å². The highest BCUT2D eigenvalue weighted by Crippen LogP contribution is 2.59. The van der Waals surface area contributed by atoms with Gasteiger partial charge in [-0.3, -0.25) is 14.4 Å². The molecule has 2 fully saturated rings. The second-order valence-corrected chi connectivity index (χ2v) is 9.06. The number of rotatable bonds is 6. The lowest BCUT2D eigenvalue weighted by molar-refractivity contribution is -0.201. The molecule has 0 aromatic heterocycles. The Hall–Kier alpha value is -3.63. The average molecular weight is 506 g/mol. The van der Waals surface area contributed by atoms with Crippen LogP contribution in [0.15, 0.2) is 53.9 Å². The second kappa shape index (κ2) is 10.5. The molecule has 1 aromatic rings. The van der Waals surface area contributed by atoms with E-state index in [1.165, 1.54) is 15.9 Å². The Balaban J connectivity index is 1.87. The maximum Gasteiger partial charge on any atom is 0.403 e. The molecule has 194 valence electrons.